The number of aromatic nitrogens is 4. The maximum atomic E-state index is 14.0. The molecule has 0 radical (unpaired) electrons. The summed E-state index contributed by atoms with van der Waals surface area (Å²) in [5, 5.41) is 23.7. The maximum absolute atomic E-state index is 14.0. The molecule has 1 heterocycles. The zero-order valence-electron chi connectivity index (χ0n) is 12.1. The second-order valence-electron chi connectivity index (χ2n) is 4.99. The number of nitrogens with zero attached hydrogens (tertiary/aromatic N) is 3. The van der Waals surface area contributed by atoms with Crippen molar-refractivity contribution >= 4 is 17.4 Å². The lowest BCUT2D eigenvalue weighted by Crippen LogP contribution is -1.89. The fourth-order valence-electron chi connectivity index (χ4n) is 2.11. The summed E-state index contributed by atoms with van der Waals surface area (Å²) in [5.74, 6) is 0.187. The molecule has 0 aliphatic carbocycles. The molecule has 0 spiro atoms. The van der Waals surface area contributed by atoms with Gasteiger partial charge in [0.2, 0.25) is 0 Å². The van der Waals surface area contributed by atoms with E-state index in [4.69, 9.17) is 11.6 Å². The molecule has 22 heavy (non-hydrogen) atoms. The van der Waals surface area contributed by atoms with Crippen molar-refractivity contribution in [3.63, 3.8) is 0 Å². The van der Waals surface area contributed by atoms with Crippen molar-refractivity contribution in [3.05, 3.63) is 40.7 Å². The number of unbranched alkanes of at least 4 members (excludes halogenated alkanes) is 4. The molecule has 2 aromatic rings. The number of allylic oxidation sites excluding steroid dienone is 1. The summed E-state index contributed by atoms with van der Waals surface area (Å²) in [6, 6.07) is 4.34. The fraction of sp³-hybridized carbons (Fsp3) is 0.400. The molecule has 2 rings (SSSR count). The van der Waals surface area contributed by atoms with Crippen LogP contribution in [0.1, 0.15) is 43.5 Å². The molecule has 0 saturated carbocycles. The van der Waals surface area contributed by atoms with Crippen LogP contribution >= 0.6 is 11.6 Å². The number of phenols is 1. The average Bonchev–Trinajstić information content (AvgIpc) is 3.02. The molecule has 0 aliphatic rings. The van der Waals surface area contributed by atoms with Gasteiger partial charge in [-0.1, -0.05) is 29.7 Å². The Morgan fingerprint density at radius 2 is 2.09 bits per heavy atom. The highest BCUT2D eigenvalue weighted by atomic mass is 35.5. The molecule has 5 nitrogen and oxygen atoms in total. The highest BCUT2D eigenvalue weighted by Crippen LogP contribution is 2.29. The summed E-state index contributed by atoms with van der Waals surface area (Å²) >= 11 is 5.80. The van der Waals surface area contributed by atoms with Crippen LogP contribution in [0.25, 0.3) is 5.83 Å². The molecular weight excluding hydrogens is 307 g/mol. The Balaban J connectivity index is 1.67. The van der Waals surface area contributed by atoms with Crippen LogP contribution in [0.4, 0.5) is 4.39 Å². The van der Waals surface area contributed by atoms with Gasteiger partial charge in [-0.05, 0) is 43.5 Å². The van der Waals surface area contributed by atoms with Crippen molar-refractivity contribution in [1.29, 1.82) is 0 Å². The summed E-state index contributed by atoms with van der Waals surface area (Å²) in [6.07, 6.45) is 6.83. The van der Waals surface area contributed by atoms with E-state index in [9.17, 15) is 9.50 Å². The Labute approximate surface area is 133 Å². The quantitative estimate of drug-likeness (QED) is 0.718. The Hall–Kier alpha value is -1.95. The van der Waals surface area contributed by atoms with Crippen molar-refractivity contribution in [2.75, 3.05) is 0 Å². The summed E-state index contributed by atoms with van der Waals surface area (Å²) in [6.45, 7) is 0. The van der Waals surface area contributed by atoms with E-state index in [1.807, 2.05) is 0 Å². The predicted molar refractivity (Wildman–Crippen MR) is 83.2 cm³/mol. The van der Waals surface area contributed by atoms with Gasteiger partial charge in [0, 0.05) is 11.4 Å². The molecule has 7 heteroatoms. The number of halogens is 2. The van der Waals surface area contributed by atoms with Crippen LogP contribution in [0.15, 0.2) is 24.3 Å². The van der Waals surface area contributed by atoms with Crippen LogP contribution in [0.5, 0.6) is 5.75 Å². The standard InChI is InChI=1S/C15H18ClFN4O/c16-11-8-9-14(22)12(10-11)13(17)6-4-2-1-3-5-7-15-18-20-21-19-15/h6,8-10,22H,1-5,7H2,(H,18,19,20,21)/b13-6-. The molecule has 1 aromatic carbocycles. The van der Waals surface area contributed by atoms with Crippen LogP contribution in [-0.4, -0.2) is 25.7 Å². The van der Waals surface area contributed by atoms with Crippen molar-refractivity contribution in [3.8, 4) is 5.75 Å². The normalized spacial score (nSPS) is 11.8. The van der Waals surface area contributed by atoms with Crippen molar-refractivity contribution in [2.45, 2.75) is 38.5 Å². The number of nitrogens with one attached hydrogen (secondary N) is 1. The first-order valence-corrected chi connectivity index (χ1v) is 7.61. The highest BCUT2D eigenvalue weighted by Gasteiger charge is 2.07. The topological polar surface area (TPSA) is 74.7 Å². The number of aromatic amines is 1. The number of benzene rings is 1. The predicted octanol–water partition coefficient (Wildman–Crippen LogP) is 4.06. The van der Waals surface area contributed by atoms with Crippen molar-refractivity contribution in [2.24, 2.45) is 0 Å². The van der Waals surface area contributed by atoms with E-state index < -0.39 is 5.83 Å². The van der Waals surface area contributed by atoms with Gasteiger partial charge in [-0.25, -0.2) is 4.39 Å². The van der Waals surface area contributed by atoms with Gasteiger partial charge in [0.15, 0.2) is 5.82 Å². The third-order valence-electron chi connectivity index (χ3n) is 3.28. The van der Waals surface area contributed by atoms with Crippen LogP contribution in [-0.2, 0) is 6.42 Å². The number of phenolic OH excluding ortho intramolecular Hbond substituents is 1. The first kappa shape index (κ1) is 16.4. The van der Waals surface area contributed by atoms with Gasteiger partial charge < -0.3 is 5.11 Å². The number of H-pyrrole nitrogens is 1. The van der Waals surface area contributed by atoms with Crippen LogP contribution in [0.3, 0.4) is 0 Å². The molecule has 0 atom stereocenters. The Morgan fingerprint density at radius 1 is 1.27 bits per heavy atom. The van der Waals surface area contributed by atoms with Gasteiger partial charge in [0.05, 0.1) is 5.56 Å². The molecule has 0 aliphatic heterocycles. The van der Waals surface area contributed by atoms with Gasteiger partial charge in [-0.15, -0.1) is 10.2 Å². The van der Waals surface area contributed by atoms with Crippen LogP contribution in [0.2, 0.25) is 5.02 Å². The minimum Gasteiger partial charge on any atom is -0.507 e. The zero-order chi connectivity index (χ0) is 15.8. The van der Waals surface area contributed by atoms with E-state index in [1.165, 1.54) is 24.3 Å². The summed E-state index contributed by atoms with van der Waals surface area (Å²) in [5.41, 5.74) is 0.143. The van der Waals surface area contributed by atoms with Gasteiger partial charge in [-0.2, -0.15) is 5.21 Å². The zero-order valence-corrected chi connectivity index (χ0v) is 12.9. The third-order valence-corrected chi connectivity index (χ3v) is 3.52. The van der Waals surface area contributed by atoms with Crippen LogP contribution < -0.4 is 0 Å². The highest BCUT2D eigenvalue weighted by molar-refractivity contribution is 6.30. The Kier molecular flexibility index (Phi) is 6.33. The van der Waals surface area contributed by atoms with E-state index in [0.29, 0.717) is 11.4 Å². The first-order chi connectivity index (χ1) is 10.7. The molecule has 0 unspecified atom stereocenters. The summed E-state index contributed by atoms with van der Waals surface area (Å²) in [4.78, 5) is 0. The lowest BCUT2D eigenvalue weighted by atomic mass is 10.1. The molecule has 0 bridgehead atoms. The Bertz CT molecular complexity index is 616. The van der Waals surface area contributed by atoms with Gasteiger partial charge >= 0.3 is 0 Å². The molecule has 118 valence electrons. The minimum absolute atomic E-state index is 0.0988. The monoisotopic (exact) mass is 324 g/mol. The lowest BCUT2D eigenvalue weighted by Gasteiger charge is -2.03. The van der Waals surface area contributed by atoms with E-state index in [-0.39, 0.29) is 11.3 Å². The summed E-state index contributed by atoms with van der Waals surface area (Å²) in [7, 11) is 0. The third kappa shape index (κ3) is 5.11. The lowest BCUT2D eigenvalue weighted by molar-refractivity contribution is 0.471. The average molecular weight is 325 g/mol. The SMILES string of the molecule is Oc1ccc(Cl)cc1/C(F)=C/CCCCCCc1nn[nH]n1. The number of tetrazole rings is 1. The second-order valence-corrected chi connectivity index (χ2v) is 5.43. The van der Waals surface area contributed by atoms with Gasteiger partial charge in [0.25, 0.3) is 0 Å². The van der Waals surface area contributed by atoms with Crippen molar-refractivity contribution in [1.82, 2.24) is 20.6 Å². The largest absolute Gasteiger partial charge is 0.507 e. The molecule has 0 saturated heterocycles. The van der Waals surface area contributed by atoms with E-state index in [2.05, 4.69) is 20.6 Å². The van der Waals surface area contributed by atoms with E-state index in [0.717, 1.165) is 37.9 Å². The fourth-order valence-corrected chi connectivity index (χ4v) is 2.28. The van der Waals surface area contributed by atoms with E-state index >= 15 is 0 Å². The van der Waals surface area contributed by atoms with Gasteiger partial charge in [-0.3, -0.25) is 0 Å². The minimum atomic E-state index is -0.438. The first-order valence-electron chi connectivity index (χ1n) is 7.23. The Morgan fingerprint density at radius 3 is 2.86 bits per heavy atom. The smallest absolute Gasteiger partial charge is 0.174 e. The molecule has 1 aromatic heterocycles. The number of hydrogen-bond acceptors (Lipinski definition) is 4. The van der Waals surface area contributed by atoms with Crippen molar-refractivity contribution < 1.29 is 9.50 Å². The number of rotatable bonds is 8. The number of hydrogen-bond donors (Lipinski definition) is 2. The van der Waals surface area contributed by atoms with E-state index in [1.54, 1.807) is 0 Å². The maximum Gasteiger partial charge on any atom is 0.174 e. The molecule has 0 amide bonds. The van der Waals surface area contributed by atoms with Gasteiger partial charge in [0.1, 0.15) is 11.6 Å². The molecular formula is C15H18ClFN4O. The summed E-state index contributed by atoms with van der Waals surface area (Å²) < 4.78 is 14.0. The molecule has 2 N–H and O–H groups in total. The number of aromatic hydroxyl groups is 1. The number of aryl methyl sites for hydroxylation is 1. The molecule has 0 fully saturated rings. The second kappa shape index (κ2) is 8.48. The van der Waals surface area contributed by atoms with Crippen LogP contribution in [0, 0.1) is 0 Å².